The van der Waals surface area contributed by atoms with Gasteiger partial charge in [0.2, 0.25) is 11.9 Å². The van der Waals surface area contributed by atoms with Gasteiger partial charge in [0, 0.05) is 44.0 Å². The fourth-order valence-electron chi connectivity index (χ4n) is 4.80. The number of fused-ring (bicyclic) bond motifs is 1. The molecule has 3 aromatic rings. The first-order chi connectivity index (χ1) is 21.5. The summed E-state index contributed by atoms with van der Waals surface area (Å²) in [5.41, 5.74) is 12.6. The van der Waals surface area contributed by atoms with Crippen LogP contribution in [0.4, 0.5) is 9.83 Å². The number of nitrogen functional groups attached to an aromatic ring is 1. The van der Waals surface area contributed by atoms with Gasteiger partial charge in [-0.1, -0.05) is 0 Å². The van der Waals surface area contributed by atoms with Gasteiger partial charge in [-0.3, -0.25) is 19.4 Å². The van der Waals surface area contributed by atoms with Crippen molar-refractivity contribution >= 4 is 39.0 Å². The van der Waals surface area contributed by atoms with Crippen molar-refractivity contribution in [1.82, 2.24) is 30.5 Å². The molecule has 1 fully saturated rings. The minimum Gasteiger partial charge on any atom is -0.378 e. The number of halogens is 1. The van der Waals surface area contributed by atoms with Crippen LogP contribution in [0.25, 0.3) is 11.0 Å². The van der Waals surface area contributed by atoms with Crippen molar-refractivity contribution < 1.29 is 36.1 Å². The maximum Gasteiger partial charge on any atom is 0.332 e. The highest BCUT2D eigenvalue weighted by Crippen LogP contribution is 2.21. The lowest BCUT2D eigenvalue weighted by atomic mass is 10.1. The van der Waals surface area contributed by atoms with Crippen LogP contribution in [0.3, 0.4) is 0 Å². The highest BCUT2D eigenvalue weighted by Gasteiger charge is 2.38. The third-order valence-corrected chi connectivity index (χ3v) is 7.79. The van der Waals surface area contributed by atoms with Crippen LogP contribution in [-0.4, -0.2) is 111 Å². The zero-order chi connectivity index (χ0) is 32.4. The van der Waals surface area contributed by atoms with Crippen molar-refractivity contribution in [3.63, 3.8) is 0 Å². The number of nitrogens with zero attached hydrogens (tertiary/aromatic N) is 2. The summed E-state index contributed by atoms with van der Waals surface area (Å²) in [6.07, 6.45) is 1.98. The number of rotatable bonds is 17. The summed E-state index contributed by atoms with van der Waals surface area (Å²) in [6, 6.07) is 3.18. The average Bonchev–Trinajstić information content (AvgIpc) is 3.59. The summed E-state index contributed by atoms with van der Waals surface area (Å²) < 4.78 is 51.7. The topological polar surface area (TPSA) is 237 Å². The Balaban J connectivity index is 1.02. The van der Waals surface area contributed by atoms with E-state index in [1.165, 1.54) is 17.0 Å². The number of anilines is 1. The van der Waals surface area contributed by atoms with Crippen LogP contribution >= 0.6 is 0 Å². The molecule has 3 heterocycles. The quantitative estimate of drug-likeness (QED) is 0.0760. The molecule has 2 atom stereocenters. The third-order valence-electron chi connectivity index (χ3n) is 6.95. The Hall–Kier alpha value is -3.94. The minimum absolute atomic E-state index is 0.0564. The molecule has 1 aromatic carbocycles. The van der Waals surface area contributed by atoms with Gasteiger partial charge < -0.3 is 46.2 Å². The van der Waals surface area contributed by atoms with Crippen molar-refractivity contribution in [2.45, 2.75) is 29.9 Å². The molecule has 4 rings (SSSR count). The van der Waals surface area contributed by atoms with Gasteiger partial charge >= 0.3 is 10.2 Å². The van der Waals surface area contributed by atoms with E-state index in [-0.39, 0.29) is 49.1 Å². The molecule has 18 heteroatoms. The van der Waals surface area contributed by atoms with E-state index in [2.05, 4.69) is 25.6 Å². The molecule has 246 valence electrons. The fraction of sp³-hybridized carbons (Fsp3) is 0.481. The maximum atomic E-state index is 13.1. The molecule has 1 saturated heterocycles. The molecule has 8 N–H and O–H groups in total. The predicted octanol–water partition coefficient (Wildman–Crippen LogP) is -1.01. The number of nitrogens with two attached hydrogens (primary N) is 2. The number of aromatic nitrogens is 3. The zero-order valence-corrected chi connectivity index (χ0v) is 25.2. The number of carbonyl (C=O) groups excluding carboxylic acids is 2. The Morgan fingerprint density at radius 2 is 1.69 bits per heavy atom. The molecule has 45 heavy (non-hydrogen) atoms. The molecule has 0 bridgehead atoms. The number of carbonyl (C=O) groups is 2. The monoisotopic (exact) mass is 652 g/mol. The van der Waals surface area contributed by atoms with Crippen LogP contribution in [-0.2, 0) is 35.8 Å². The number of hydrogen-bond acceptors (Lipinski definition) is 12. The van der Waals surface area contributed by atoms with Gasteiger partial charge in [-0.05, 0) is 36.2 Å². The Labute approximate surface area is 258 Å². The molecule has 0 saturated carbocycles. The predicted molar refractivity (Wildman–Crippen MR) is 160 cm³/mol. The summed E-state index contributed by atoms with van der Waals surface area (Å²) >= 11 is 0. The van der Waals surface area contributed by atoms with Crippen molar-refractivity contribution in [3.05, 3.63) is 51.9 Å². The molecule has 16 nitrogen and oxygen atoms in total. The second-order valence-electron chi connectivity index (χ2n) is 10.2. The van der Waals surface area contributed by atoms with Gasteiger partial charge in [0.1, 0.15) is 11.7 Å². The maximum absolute atomic E-state index is 13.1. The first-order valence-electron chi connectivity index (χ1n) is 14.2. The van der Waals surface area contributed by atoms with Gasteiger partial charge in [-0.25, -0.2) is 0 Å². The molecule has 0 aliphatic carbocycles. The summed E-state index contributed by atoms with van der Waals surface area (Å²) in [5.74, 6) is -0.837. The highest BCUT2D eigenvalue weighted by molar-refractivity contribution is 7.86. The molecular formula is C27H37FN8O8S. The normalized spacial score (nSPS) is 16.8. The van der Waals surface area contributed by atoms with Crippen molar-refractivity contribution in [1.29, 1.82) is 0 Å². The van der Waals surface area contributed by atoms with Crippen LogP contribution in [0.2, 0.25) is 0 Å². The van der Waals surface area contributed by atoms with E-state index in [0.29, 0.717) is 57.2 Å². The molecule has 1 aliphatic rings. The molecule has 0 spiro atoms. The molecule has 2 amide bonds. The second-order valence-corrected chi connectivity index (χ2v) is 11.6. The number of nitrogens with one attached hydrogen (secondary N) is 4. The summed E-state index contributed by atoms with van der Waals surface area (Å²) in [7, 11) is -4.89. The lowest BCUT2D eigenvalue weighted by Crippen LogP contribution is -2.46. The number of likely N-dealkylation sites (tertiary alicyclic amines) is 1. The van der Waals surface area contributed by atoms with Gasteiger partial charge in [-0.2, -0.15) is 13.4 Å². The van der Waals surface area contributed by atoms with E-state index in [1.54, 1.807) is 6.20 Å². The number of H-pyrrole nitrogens is 2. The molecular weight excluding hydrogens is 615 g/mol. The van der Waals surface area contributed by atoms with E-state index in [9.17, 15) is 26.7 Å². The average molecular weight is 653 g/mol. The number of hydrogen-bond donors (Lipinski definition) is 6. The van der Waals surface area contributed by atoms with Gasteiger partial charge in [-0.15, -0.1) is 3.89 Å². The Bertz CT molecular complexity index is 1610. The first-order valence-corrected chi connectivity index (χ1v) is 15.6. The Kier molecular flexibility index (Phi) is 12.0. The van der Waals surface area contributed by atoms with Crippen molar-refractivity contribution in [2.75, 3.05) is 65.0 Å². The standard InChI is InChI=1S/C27H37FN8O8S/c28-45(40,41)20-3-1-17(2-4-20)26(39)36-16-19(29)13-21(36)24(37)32-6-8-43-10-12-44-11-9-42-7-5-31-14-18-15-33-23-22(18)25(38)35-27(30)34-23/h1-4,15,19,21,31H,5-14,16,29H2,(H,32,37)(H4,30,33,34,35,38)/t19-,21-/m0/s1. The molecule has 2 aromatic heterocycles. The molecule has 0 radical (unpaired) electrons. The van der Waals surface area contributed by atoms with E-state index in [1.807, 2.05) is 0 Å². The van der Waals surface area contributed by atoms with Gasteiger partial charge in [0.25, 0.3) is 11.5 Å². The number of aromatic amines is 2. The highest BCUT2D eigenvalue weighted by atomic mass is 32.3. The summed E-state index contributed by atoms with van der Waals surface area (Å²) in [5, 5.41) is 6.40. The smallest absolute Gasteiger partial charge is 0.332 e. The van der Waals surface area contributed by atoms with E-state index < -0.39 is 33.1 Å². The number of benzene rings is 1. The van der Waals surface area contributed by atoms with Crippen LogP contribution in [0, 0.1) is 0 Å². The second kappa shape index (κ2) is 15.9. The lowest BCUT2D eigenvalue weighted by molar-refractivity contribution is -0.125. The van der Waals surface area contributed by atoms with E-state index >= 15 is 0 Å². The number of ether oxygens (including phenoxy) is 3. The zero-order valence-electron chi connectivity index (χ0n) is 24.4. The van der Waals surface area contributed by atoms with Gasteiger partial charge in [0.15, 0.2) is 0 Å². The fourth-order valence-corrected chi connectivity index (χ4v) is 5.26. The Morgan fingerprint density at radius 1 is 1.04 bits per heavy atom. The molecule has 1 aliphatic heterocycles. The SMILES string of the molecule is Nc1nc2[nH]cc(CNCCOCCOCCOCCNC(=O)[C@@H]3C[C@H](N)CN3C(=O)c3ccc(S(=O)(=O)F)cc3)c2c(=O)[nH]1. The van der Waals surface area contributed by atoms with Crippen LogP contribution in [0.5, 0.6) is 0 Å². The van der Waals surface area contributed by atoms with Crippen LogP contribution in [0.1, 0.15) is 22.3 Å². The summed E-state index contributed by atoms with van der Waals surface area (Å²) in [6.45, 7) is 3.50. The van der Waals surface area contributed by atoms with Gasteiger partial charge in [0.05, 0.1) is 49.9 Å². The van der Waals surface area contributed by atoms with Crippen molar-refractivity contribution in [3.8, 4) is 0 Å². The first kappa shape index (κ1) is 33.9. The van der Waals surface area contributed by atoms with Crippen LogP contribution < -0.4 is 27.7 Å². The minimum atomic E-state index is -4.89. The van der Waals surface area contributed by atoms with Crippen LogP contribution in [0.15, 0.2) is 40.2 Å². The Morgan fingerprint density at radius 3 is 2.36 bits per heavy atom. The summed E-state index contributed by atoms with van der Waals surface area (Å²) in [4.78, 5) is 48.0. The van der Waals surface area contributed by atoms with Crippen molar-refractivity contribution in [2.24, 2.45) is 5.73 Å². The largest absolute Gasteiger partial charge is 0.378 e. The number of amides is 2. The molecule has 0 unspecified atom stereocenters. The third kappa shape index (κ3) is 9.52. The van der Waals surface area contributed by atoms with E-state index in [0.717, 1.165) is 17.7 Å². The van der Waals surface area contributed by atoms with E-state index in [4.69, 9.17) is 25.7 Å². The lowest BCUT2D eigenvalue weighted by Gasteiger charge is -2.24.